The molecule has 1 rings (SSSR count). The van der Waals surface area contributed by atoms with Gasteiger partial charge in [0.2, 0.25) is 0 Å². The molecule has 0 radical (unpaired) electrons. The predicted molar refractivity (Wildman–Crippen MR) is 54.6 cm³/mol. The lowest BCUT2D eigenvalue weighted by atomic mass is 10.0. The lowest BCUT2D eigenvalue weighted by molar-refractivity contribution is 0.0376. The highest BCUT2D eigenvalue weighted by atomic mass is 16.6. The van der Waals surface area contributed by atoms with Crippen molar-refractivity contribution in [1.82, 2.24) is 5.32 Å². The number of nitrogens with one attached hydrogen (secondary N) is 1. The van der Waals surface area contributed by atoms with E-state index < -0.39 is 17.2 Å². The van der Waals surface area contributed by atoms with Crippen LogP contribution in [0.3, 0.4) is 0 Å². The summed E-state index contributed by atoms with van der Waals surface area (Å²) in [5.41, 5.74) is -1.19. The number of rotatable bonds is 2. The molecule has 0 bridgehead atoms. The van der Waals surface area contributed by atoms with E-state index in [1.807, 2.05) is 0 Å². The second-order valence-corrected chi connectivity index (χ2v) is 4.87. The summed E-state index contributed by atoms with van der Waals surface area (Å²) in [6, 6.07) is 0. The monoisotopic (exact) mass is 217 g/mol. The van der Waals surface area contributed by atoms with Crippen LogP contribution in [0, 0.1) is 0 Å². The molecule has 1 aliphatic rings. The Balaban J connectivity index is 2.49. The third-order valence-corrected chi connectivity index (χ3v) is 2.17. The second kappa shape index (κ2) is 4.37. The Morgan fingerprint density at radius 2 is 2.27 bits per heavy atom. The van der Waals surface area contributed by atoms with Gasteiger partial charge in [0.1, 0.15) is 5.60 Å². The van der Waals surface area contributed by atoms with E-state index in [4.69, 9.17) is 9.47 Å². The minimum Gasteiger partial charge on any atom is -0.444 e. The van der Waals surface area contributed by atoms with Crippen LogP contribution in [-0.4, -0.2) is 42.2 Å². The zero-order valence-corrected chi connectivity index (χ0v) is 9.50. The largest absolute Gasteiger partial charge is 0.444 e. The summed E-state index contributed by atoms with van der Waals surface area (Å²) in [5.74, 6) is 0. The molecule has 1 amide bonds. The fraction of sp³-hybridized carbons (Fsp3) is 0.900. The van der Waals surface area contributed by atoms with Crippen molar-refractivity contribution in [2.45, 2.75) is 38.3 Å². The molecule has 0 unspecified atom stereocenters. The van der Waals surface area contributed by atoms with E-state index in [1.54, 1.807) is 20.8 Å². The van der Waals surface area contributed by atoms with Crippen LogP contribution in [0.4, 0.5) is 4.79 Å². The maximum absolute atomic E-state index is 11.5. The Bertz CT molecular complexity index is 228. The van der Waals surface area contributed by atoms with E-state index >= 15 is 0 Å². The van der Waals surface area contributed by atoms with Gasteiger partial charge in [-0.25, -0.2) is 4.79 Å². The molecular weight excluding hydrogens is 198 g/mol. The molecule has 88 valence electrons. The molecule has 0 aliphatic carbocycles. The van der Waals surface area contributed by atoms with Gasteiger partial charge in [-0.15, -0.1) is 0 Å². The lowest BCUT2D eigenvalue weighted by Crippen LogP contribution is -2.53. The molecule has 5 nitrogen and oxygen atoms in total. The summed E-state index contributed by atoms with van der Waals surface area (Å²) >= 11 is 0. The van der Waals surface area contributed by atoms with Crippen molar-refractivity contribution in [2.24, 2.45) is 0 Å². The van der Waals surface area contributed by atoms with Crippen molar-refractivity contribution in [3.63, 3.8) is 0 Å². The molecule has 1 saturated heterocycles. The molecule has 2 N–H and O–H groups in total. The van der Waals surface area contributed by atoms with E-state index in [9.17, 15) is 9.90 Å². The highest BCUT2D eigenvalue weighted by Crippen LogP contribution is 2.18. The Hall–Kier alpha value is -0.810. The van der Waals surface area contributed by atoms with Gasteiger partial charge in [0.15, 0.2) is 0 Å². The number of aliphatic hydroxyl groups excluding tert-OH is 1. The summed E-state index contributed by atoms with van der Waals surface area (Å²) in [5, 5.41) is 11.9. The van der Waals surface area contributed by atoms with Gasteiger partial charge in [-0.2, -0.15) is 0 Å². The zero-order valence-electron chi connectivity index (χ0n) is 9.50. The van der Waals surface area contributed by atoms with Crippen molar-refractivity contribution in [1.29, 1.82) is 0 Å². The van der Waals surface area contributed by atoms with Gasteiger partial charge in [-0.3, -0.25) is 0 Å². The topological polar surface area (TPSA) is 67.8 Å². The average Bonchev–Trinajstić information content (AvgIpc) is 2.50. The minimum atomic E-state index is -0.664. The van der Waals surface area contributed by atoms with E-state index in [0.29, 0.717) is 19.6 Å². The number of hydrogen-bond donors (Lipinski definition) is 2. The fourth-order valence-electron chi connectivity index (χ4n) is 1.39. The van der Waals surface area contributed by atoms with Crippen molar-refractivity contribution in [3.8, 4) is 0 Å². The van der Waals surface area contributed by atoms with E-state index in [1.165, 1.54) is 0 Å². The zero-order chi connectivity index (χ0) is 11.5. The lowest BCUT2D eigenvalue weighted by Gasteiger charge is -2.28. The summed E-state index contributed by atoms with van der Waals surface area (Å²) in [4.78, 5) is 11.5. The summed E-state index contributed by atoms with van der Waals surface area (Å²) in [6.07, 6.45) is 0.102. The molecule has 1 heterocycles. The van der Waals surface area contributed by atoms with Crippen LogP contribution in [0.15, 0.2) is 0 Å². The standard InChI is InChI=1S/C10H19NO4/c1-9(2,3)15-8(13)11-10(6-12)4-5-14-7-10/h12H,4-7H2,1-3H3,(H,11,13)/t10-/m1/s1. The molecule has 1 fully saturated rings. The summed E-state index contributed by atoms with van der Waals surface area (Å²) < 4.78 is 10.3. The van der Waals surface area contributed by atoms with E-state index in [-0.39, 0.29) is 6.61 Å². The maximum atomic E-state index is 11.5. The molecule has 0 spiro atoms. The molecule has 0 aromatic rings. The molecule has 0 aromatic carbocycles. The Labute approximate surface area is 89.8 Å². The van der Waals surface area contributed by atoms with Crippen LogP contribution in [0.2, 0.25) is 0 Å². The summed E-state index contributed by atoms with van der Waals surface area (Å²) in [6.45, 7) is 6.14. The first-order valence-corrected chi connectivity index (χ1v) is 5.07. The first-order valence-electron chi connectivity index (χ1n) is 5.07. The van der Waals surface area contributed by atoms with Crippen molar-refractivity contribution >= 4 is 6.09 Å². The number of carbonyl (C=O) groups excluding carboxylic acids is 1. The molecule has 0 saturated carbocycles. The number of amides is 1. The summed E-state index contributed by atoms with van der Waals surface area (Å²) in [7, 11) is 0. The van der Waals surface area contributed by atoms with Crippen LogP contribution < -0.4 is 5.32 Å². The van der Waals surface area contributed by atoms with Crippen LogP contribution in [0.1, 0.15) is 27.2 Å². The quantitative estimate of drug-likeness (QED) is 0.713. The van der Waals surface area contributed by atoms with Gasteiger partial charge >= 0.3 is 6.09 Å². The number of aliphatic hydroxyl groups is 1. The second-order valence-electron chi connectivity index (χ2n) is 4.87. The average molecular weight is 217 g/mol. The van der Waals surface area contributed by atoms with Gasteiger partial charge < -0.3 is 19.9 Å². The van der Waals surface area contributed by atoms with Crippen LogP contribution >= 0.6 is 0 Å². The molecule has 0 aromatic heterocycles. The molecule has 5 heteroatoms. The van der Waals surface area contributed by atoms with Crippen LogP contribution in [-0.2, 0) is 9.47 Å². The number of carbonyl (C=O) groups is 1. The first kappa shape index (κ1) is 12.3. The maximum Gasteiger partial charge on any atom is 0.408 e. The minimum absolute atomic E-state index is 0.133. The fourth-order valence-corrected chi connectivity index (χ4v) is 1.39. The predicted octanol–water partition coefficient (Wildman–Crippen LogP) is 0.663. The third kappa shape index (κ3) is 3.68. The number of hydrogen-bond acceptors (Lipinski definition) is 4. The highest BCUT2D eigenvalue weighted by Gasteiger charge is 2.37. The Morgan fingerprint density at radius 1 is 1.60 bits per heavy atom. The van der Waals surface area contributed by atoms with E-state index in [2.05, 4.69) is 5.32 Å². The van der Waals surface area contributed by atoms with Crippen molar-refractivity contribution in [3.05, 3.63) is 0 Å². The van der Waals surface area contributed by atoms with Gasteiger partial charge in [-0.1, -0.05) is 0 Å². The number of alkyl carbamates (subject to hydrolysis) is 1. The van der Waals surface area contributed by atoms with Gasteiger partial charge in [-0.05, 0) is 27.2 Å². The normalized spacial score (nSPS) is 26.4. The molecular formula is C10H19NO4. The van der Waals surface area contributed by atoms with Crippen LogP contribution in [0.5, 0.6) is 0 Å². The molecule has 1 atom stereocenters. The third-order valence-electron chi connectivity index (χ3n) is 2.17. The molecule has 15 heavy (non-hydrogen) atoms. The Morgan fingerprint density at radius 3 is 2.67 bits per heavy atom. The highest BCUT2D eigenvalue weighted by molar-refractivity contribution is 5.68. The van der Waals surface area contributed by atoms with Crippen molar-refractivity contribution < 1.29 is 19.4 Å². The molecule has 1 aliphatic heterocycles. The van der Waals surface area contributed by atoms with Gasteiger partial charge in [0.05, 0.1) is 18.8 Å². The van der Waals surface area contributed by atoms with Crippen LogP contribution in [0.25, 0.3) is 0 Å². The Kier molecular flexibility index (Phi) is 3.57. The smallest absolute Gasteiger partial charge is 0.408 e. The van der Waals surface area contributed by atoms with Gasteiger partial charge in [0.25, 0.3) is 0 Å². The van der Waals surface area contributed by atoms with E-state index in [0.717, 1.165) is 0 Å². The SMILES string of the molecule is CC(C)(C)OC(=O)N[C@@]1(CO)CCOC1. The van der Waals surface area contributed by atoms with Crippen molar-refractivity contribution in [2.75, 3.05) is 19.8 Å². The van der Waals surface area contributed by atoms with Gasteiger partial charge in [0, 0.05) is 6.61 Å². The number of ether oxygens (including phenoxy) is 2. The first-order chi connectivity index (χ1) is 6.87.